The van der Waals surface area contributed by atoms with Gasteiger partial charge < -0.3 is 20.0 Å². The zero-order chi connectivity index (χ0) is 28.6. The maximum absolute atomic E-state index is 14.9. The van der Waals surface area contributed by atoms with Crippen LogP contribution in [0.15, 0.2) is 24.3 Å². The number of Topliss-reactive ketones (excluding diaryl/α,β-unsaturated/α-hetero) is 1. The fraction of sp³-hybridized carbons (Fsp3) is 0.533. The summed E-state index contributed by atoms with van der Waals surface area (Å²) in [4.78, 5) is 50.0. The summed E-state index contributed by atoms with van der Waals surface area (Å²) >= 11 is 1.04. The molecule has 5 rings (SSSR count). The van der Waals surface area contributed by atoms with Crippen molar-refractivity contribution in [1.29, 1.82) is 0 Å². The van der Waals surface area contributed by atoms with Crippen LogP contribution in [-0.2, 0) is 9.59 Å². The number of carbonyl (C=O) groups excluding carboxylic acids is 3. The van der Waals surface area contributed by atoms with Crippen molar-refractivity contribution in [3.05, 3.63) is 35.0 Å². The van der Waals surface area contributed by atoms with Gasteiger partial charge in [0, 0.05) is 62.1 Å². The smallest absolute Gasteiger partial charge is 0.251 e. The van der Waals surface area contributed by atoms with E-state index in [1.54, 1.807) is 29.2 Å². The van der Waals surface area contributed by atoms with Gasteiger partial charge in [0.25, 0.3) is 5.91 Å². The summed E-state index contributed by atoms with van der Waals surface area (Å²) in [5, 5.41) is 3.20. The van der Waals surface area contributed by atoms with E-state index in [0.717, 1.165) is 37.5 Å². The number of ketones is 1. The zero-order valence-corrected chi connectivity index (χ0v) is 24.0. The minimum Gasteiger partial charge on any atom is -0.345 e. The first kappa shape index (κ1) is 28.2. The number of fused-ring (bicyclic) bond motifs is 1. The molecule has 2 amide bonds. The maximum atomic E-state index is 14.9. The SMILES string of the molecule is C#C[C@@H]1CN(C(=O)[C@H](CC(C)C)NC(=O)c2ccc(-c3nc(N4CCN(C)CC4)sc3F)cc2)[C@@H]2C(=O)CC[C@H]12. The predicted octanol–water partition coefficient (Wildman–Crippen LogP) is 3.28. The van der Waals surface area contributed by atoms with Crippen LogP contribution in [0.1, 0.15) is 43.5 Å². The van der Waals surface area contributed by atoms with Gasteiger partial charge >= 0.3 is 0 Å². The van der Waals surface area contributed by atoms with Gasteiger partial charge in [-0.3, -0.25) is 14.4 Å². The Labute approximate surface area is 238 Å². The summed E-state index contributed by atoms with van der Waals surface area (Å²) in [5.74, 6) is 2.13. The van der Waals surface area contributed by atoms with Gasteiger partial charge in [-0.1, -0.05) is 37.3 Å². The van der Waals surface area contributed by atoms with Gasteiger partial charge in [-0.05, 0) is 37.9 Å². The topological polar surface area (TPSA) is 85.8 Å². The lowest BCUT2D eigenvalue weighted by molar-refractivity contribution is -0.138. The molecule has 4 atom stereocenters. The number of piperazine rings is 1. The highest BCUT2D eigenvalue weighted by atomic mass is 32.1. The van der Waals surface area contributed by atoms with Crippen LogP contribution in [0, 0.1) is 35.2 Å². The number of likely N-dealkylation sites (tertiary alicyclic amines) is 1. The molecular weight excluding hydrogens is 529 g/mol. The van der Waals surface area contributed by atoms with Crippen molar-refractivity contribution in [2.24, 2.45) is 17.8 Å². The molecule has 3 aliphatic rings. The standard InChI is InChI=1S/C30H36FN5O3S/c1-5-19-17-36(26-22(19)10-11-24(26)37)29(39)23(16-18(2)3)32-28(38)21-8-6-20(7-9-21)25-27(31)40-30(33-25)35-14-12-34(4)13-15-35/h1,6-9,18-19,22-23,26H,10-17H2,2-4H3,(H,32,38)/t19-,22-,23+,26+/m1/s1. The van der Waals surface area contributed by atoms with Crippen LogP contribution in [0.3, 0.4) is 0 Å². The Bertz CT molecular complexity index is 1310. The highest BCUT2D eigenvalue weighted by Crippen LogP contribution is 2.40. The first-order valence-corrected chi connectivity index (χ1v) is 14.8. The average molecular weight is 566 g/mol. The molecule has 1 aromatic heterocycles. The van der Waals surface area contributed by atoms with E-state index in [4.69, 9.17) is 6.42 Å². The third-order valence-electron chi connectivity index (χ3n) is 8.28. The third-order valence-corrected chi connectivity index (χ3v) is 9.19. The van der Waals surface area contributed by atoms with Crippen LogP contribution in [-0.4, -0.2) is 84.2 Å². The van der Waals surface area contributed by atoms with Crippen LogP contribution in [0.25, 0.3) is 11.3 Å². The minimum atomic E-state index is -0.778. The maximum Gasteiger partial charge on any atom is 0.251 e. The number of hydrogen-bond donors (Lipinski definition) is 1. The fourth-order valence-electron chi connectivity index (χ4n) is 6.06. The van der Waals surface area contributed by atoms with E-state index in [0.29, 0.717) is 42.1 Å². The number of hydrogen-bond acceptors (Lipinski definition) is 7. The molecule has 2 aliphatic heterocycles. The molecule has 40 heavy (non-hydrogen) atoms. The number of halogens is 1. The fourth-order valence-corrected chi connectivity index (χ4v) is 6.93. The van der Waals surface area contributed by atoms with E-state index >= 15 is 0 Å². The molecule has 0 spiro atoms. The number of thiazole rings is 1. The van der Waals surface area contributed by atoms with Crippen LogP contribution in [0.5, 0.6) is 0 Å². The van der Waals surface area contributed by atoms with Crippen molar-refractivity contribution in [3.63, 3.8) is 0 Å². The van der Waals surface area contributed by atoms with Crippen LogP contribution in [0.2, 0.25) is 0 Å². The largest absolute Gasteiger partial charge is 0.345 e. The highest BCUT2D eigenvalue weighted by molar-refractivity contribution is 7.14. The van der Waals surface area contributed by atoms with Crippen molar-refractivity contribution in [3.8, 4) is 23.6 Å². The molecule has 1 N–H and O–H groups in total. The molecule has 0 bridgehead atoms. The number of nitrogens with zero attached hydrogens (tertiary/aromatic N) is 4. The van der Waals surface area contributed by atoms with Crippen LogP contribution >= 0.6 is 11.3 Å². The number of rotatable bonds is 7. The van der Waals surface area contributed by atoms with Crippen LogP contribution in [0.4, 0.5) is 9.52 Å². The van der Waals surface area contributed by atoms with Crippen molar-refractivity contribution < 1.29 is 18.8 Å². The summed E-state index contributed by atoms with van der Waals surface area (Å²) in [6, 6.07) is 5.33. The highest BCUT2D eigenvalue weighted by Gasteiger charge is 2.51. The molecule has 1 aromatic carbocycles. The normalized spacial score (nSPS) is 23.8. The van der Waals surface area contributed by atoms with E-state index < -0.39 is 18.0 Å². The first-order chi connectivity index (χ1) is 19.2. The lowest BCUT2D eigenvalue weighted by Gasteiger charge is -2.31. The molecule has 1 aliphatic carbocycles. The Morgan fingerprint density at radius 1 is 1.20 bits per heavy atom. The van der Waals surface area contributed by atoms with Gasteiger partial charge in [0.2, 0.25) is 11.0 Å². The van der Waals surface area contributed by atoms with Gasteiger partial charge in [-0.25, -0.2) is 4.98 Å². The number of amides is 2. The quantitative estimate of drug-likeness (QED) is 0.519. The molecule has 0 radical (unpaired) electrons. The van der Waals surface area contributed by atoms with Gasteiger partial charge in [0.1, 0.15) is 11.7 Å². The Balaban J connectivity index is 1.29. The number of terminal acetylenes is 1. The summed E-state index contributed by atoms with van der Waals surface area (Å²) in [7, 11) is 2.07. The zero-order valence-electron chi connectivity index (χ0n) is 23.2. The monoisotopic (exact) mass is 565 g/mol. The summed E-state index contributed by atoms with van der Waals surface area (Å²) in [5.41, 5.74) is 1.22. The second-order valence-electron chi connectivity index (χ2n) is 11.5. The molecule has 0 unspecified atom stereocenters. The second-order valence-corrected chi connectivity index (χ2v) is 12.4. The lowest BCUT2D eigenvalue weighted by atomic mass is 9.93. The van der Waals surface area contributed by atoms with E-state index in [-0.39, 0.29) is 40.3 Å². The summed E-state index contributed by atoms with van der Waals surface area (Å²) in [6.45, 7) is 7.71. The molecule has 3 fully saturated rings. The Morgan fingerprint density at radius 3 is 2.55 bits per heavy atom. The van der Waals surface area contributed by atoms with E-state index in [9.17, 15) is 18.8 Å². The predicted molar refractivity (Wildman–Crippen MR) is 153 cm³/mol. The Kier molecular flexibility index (Phi) is 8.24. The molecule has 2 saturated heterocycles. The molecule has 212 valence electrons. The van der Waals surface area contributed by atoms with Gasteiger partial charge in [-0.15, -0.1) is 12.3 Å². The van der Waals surface area contributed by atoms with Gasteiger partial charge in [0.05, 0.1) is 6.04 Å². The van der Waals surface area contributed by atoms with Crippen LogP contribution < -0.4 is 10.2 Å². The van der Waals surface area contributed by atoms with Gasteiger partial charge in [0.15, 0.2) is 10.9 Å². The Morgan fingerprint density at radius 2 is 1.90 bits per heavy atom. The average Bonchev–Trinajstić information content (AvgIpc) is 3.62. The minimum absolute atomic E-state index is 0.00715. The molecule has 10 heteroatoms. The number of aromatic nitrogens is 1. The number of carbonyl (C=O) groups is 3. The molecular formula is C30H36FN5O3S. The first-order valence-electron chi connectivity index (χ1n) is 14.0. The molecule has 8 nitrogen and oxygen atoms in total. The number of anilines is 1. The third kappa shape index (κ3) is 5.63. The van der Waals surface area contributed by atoms with Crippen molar-refractivity contribution in [1.82, 2.24) is 20.1 Å². The lowest BCUT2D eigenvalue weighted by Crippen LogP contribution is -2.52. The number of benzene rings is 1. The Hall–Kier alpha value is -3.29. The molecule has 3 heterocycles. The van der Waals surface area contributed by atoms with E-state index in [2.05, 4.69) is 33.1 Å². The second kappa shape index (κ2) is 11.7. The molecule has 2 aromatic rings. The number of nitrogens with one attached hydrogen (secondary N) is 1. The van der Waals surface area contributed by atoms with Gasteiger partial charge in [-0.2, -0.15) is 4.39 Å². The van der Waals surface area contributed by atoms with E-state index in [1.807, 2.05) is 13.8 Å². The van der Waals surface area contributed by atoms with Crippen molar-refractivity contribution >= 4 is 34.1 Å². The van der Waals surface area contributed by atoms with E-state index in [1.165, 1.54) is 0 Å². The van der Waals surface area contributed by atoms with Crippen molar-refractivity contribution in [2.75, 3.05) is 44.7 Å². The summed E-state index contributed by atoms with van der Waals surface area (Å²) < 4.78 is 14.9. The number of likely N-dealkylation sites (N-methyl/N-ethyl adjacent to an activating group) is 1. The van der Waals surface area contributed by atoms with Crippen molar-refractivity contribution in [2.45, 2.75) is 45.2 Å². The molecule has 1 saturated carbocycles. The summed E-state index contributed by atoms with van der Waals surface area (Å²) in [6.07, 6.45) is 7.29.